The van der Waals surface area contributed by atoms with Crippen molar-refractivity contribution in [1.29, 1.82) is 0 Å². The Bertz CT molecular complexity index is 1020. The van der Waals surface area contributed by atoms with Crippen LogP contribution in [0, 0.1) is 0 Å². The second-order valence-corrected chi connectivity index (χ2v) is 7.49. The third-order valence-corrected chi connectivity index (χ3v) is 4.52. The van der Waals surface area contributed by atoms with Gasteiger partial charge in [0.05, 0.1) is 17.0 Å². The molecule has 8 heteroatoms. The first-order valence-corrected chi connectivity index (χ1v) is 9.40. The molecule has 3 rings (SSSR count). The van der Waals surface area contributed by atoms with E-state index in [-0.39, 0.29) is 16.7 Å². The van der Waals surface area contributed by atoms with Crippen LogP contribution in [-0.4, -0.2) is 17.4 Å². The molecule has 0 bridgehead atoms. The molecule has 0 spiro atoms. The molecule has 29 heavy (non-hydrogen) atoms. The van der Waals surface area contributed by atoms with Crippen molar-refractivity contribution < 1.29 is 18.7 Å². The number of rotatable bonds is 6. The fourth-order valence-electron chi connectivity index (χ4n) is 2.41. The Hall–Kier alpha value is -2.96. The van der Waals surface area contributed by atoms with Crippen molar-refractivity contribution in [1.82, 2.24) is 0 Å². The molecule has 1 aromatic heterocycles. The van der Waals surface area contributed by atoms with Gasteiger partial charge in [0.25, 0.3) is 11.8 Å². The summed E-state index contributed by atoms with van der Waals surface area (Å²) in [6.45, 7) is 3.30. The van der Waals surface area contributed by atoms with Gasteiger partial charge < -0.3 is 19.8 Å². The molecule has 2 amide bonds. The summed E-state index contributed by atoms with van der Waals surface area (Å²) in [5, 5.41) is 6.25. The predicted octanol–water partition coefficient (Wildman–Crippen LogP) is 5.63. The first kappa shape index (κ1) is 20.8. The van der Waals surface area contributed by atoms with E-state index in [4.69, 9.17) is 32.4 Å². The molecule has 0 saturated carbocycles. The van der Waals surface area contributed by atoms with Gasteiger partial charge in [-0.2, -0.15) is 0 Å². The molecule has 0 aliphatic heterocycles. The van der Waals surface area contributed by atoms with E-state index >= 15 is 0 Å². The molecule has 2 aromatic carbocycles. The normalized spacial score (nSPS) is 11.0. The highest BCUT2D eigenvalue weighted by molar-refractivity contribution is 6.34. The van der Waals surface area contributed by atoms with Gasteiger partial charge in [0.15, 0.2) is 11.4 Å². The van der Waals surface area contributed by atoms with Gasteiger partial charge in [0.1, 0.15) is 5.75 Å². The zero-order chi connectivity index (χ0) is 21.0. The number of benzene rings is 2. The molecule has 0 saturated heterocycles. The molecular weight excluding hydrogens is 415 g/mol. The average molecular weight is 433 g/mol. The van der Waals surface area contributed by atoms with Crippen molar-refractivity contribution in [2.75, 3.05) is 10.6 Å². The Morgan fingerprint density at radius 2 is 1.72 bits per heavy atom. The summed E-state index contributed by atoms with van der Waals surface area (Å²) < 4.78 is 10.8. The molecule has 0 atom stereocenters. The Balaban J connectivity index is 1.66. The number of amides is 2. The van der Waals surface area contributed by atoms with Gasteiger partial charge in [0, 0.05) is 10.7 Å². The fraction of sp³-hybridized carbons (Fsp3) is 0.143. The molecule has 2 N–H and O–H groups in total. The molecule has 150 valence electrons. The standard InChI is InChI=1S/C21H18Cl2N2O4/c1-21(2,29-15-8-5-13(22)6-9-15)20(27)24-14-7-10-17(16(23)12-14)25-19(26)18-4-3-11-28-18/h3-12H,1-2H3,(H,24,27)(H,25,26). The summed E-state index contributed by atoms with van der Waals surface area (Å²) in [7, 11) is 0. The highest BCUT2D eigenvalue weighted by Crippen LogP contribution is 2.27. The fourth-order valence-corrected chi connectivity index (χ4v) is 2.76. The predicted molar refractivity (Wildman–Crippen MR) is 113 cm³/mol. The van der Waals surface area contributed by atoms with E-state index in [9.17, 15) is 9.59 Å². The number of hydrogen-bond acceptors (Lipinski definition) is 4. The van der Waals surface area contributed by atoms with Gasteiger partial charge in [-0.15, -0.1) is 0 Å². The van der Waals surface area contributed by atoms with Crippen LogP contribution < -0.4 is 15.4 Å². The van der Waals surface area contributed by atoms with E-state index in [1.807, 2.05) is 0 Å². The van der Waals surface area contributed by atoms with E-state index in [0.717, 1.165) is 0 Å². The molecule has 0 fully saturated rings. The minimum absolute atomic E-state index is 0.166. The Labute approximate surface area is 177 Å². The van der Waals surface area contributed by atoms with Crippen LogP contribution in [0.25, 0.3) is 0 Å². The second kappa shape index (κ2) is 8.59. The molecular formula is C21H18Cl2N2O4. The number of nitrogens with one attached hydrogen (secondary N) is 2. The summed E-state index contributed by atoms with van der Waals surface area (Å²) in [6.07, 6.45) is 1.41. The summed E-state index contributed by atoms with van der Waals surface area (Å²) >= 11 is 12.1. The van der Waals surface area contributed by atoms with Crippen molar-refractivity contribution in [3.8, 4) is 5.75 Å². The van der Waals surface area contributed by atoms with E-state index < -0.39 is 11.5 Å². The van der Waals surface area contributed by atoms with Crippen molar-refractivity contribution in [3.05, 3.63) is 76.7 Å². The molecule has 1 heterocycles. The summed E-state index contributed by atoms with van der Waals surface area (Å²) in [4.78, 5) is 24.7. The average Bonchev–Trinajstić information content (AvgIpc) is 3.20. The number of ether oxygens (including phenoxy) is 1. The van der Waals surface area contributed by atoms with Crippen LogP contribution >= 0.6 is 23.2 Å². The Morgan fingerprint density at radius 3 is 2.34 bits per heavy atom. The van der Waals surface area contributed by atoms with Crippen LogP contribution in [0.5, 0.6) is 5.75 Å². The van der Waals surface area contributed by atoms with Crippen LogP contribution in [-0.2, 0) is 4.79 Å². The molecule has 6 nitrogen and oxygen atoms in total. The second-order valence-electron chi connectivity index (χ2n) is 6.65. The first-order chi connectivity index (χ1) is 13.7. The van der Waals surface area contributed by atoms with Crippen LogP contribution in [0.1, 0.15) is 24.4 Å². The minimum Gasteiger partial charge on any atom is -0.478 e. The quantitative estimate of drug-likeness (QED) is 0.528. The maximum atomic E-state index is 12.6. The topological polar surface area (TPSA) is 80.6 Å². The maximum absolute atomic E-state index is 12.6. The number of hydrogen-bond donors (Lipinski definition) is 2. The minimum atomic E-state index is -1.15. The van der Waals surface area contributed by atoms with E-state index in [1.165, 1.54) is 12.3 Å². The largest absolute Gasteiger partial charge is 0.478 e. The van der Waals surface area contributed by atoms with Gasteiger partial charge in [-0.3, -0.25) is 9.59 Å². The van der Waals surface area contributed by atoms with E-state index in [2.05, 4.69) is 10.6 Å². The zero-order valence-electron chi connectivity index (χ0n) is 15.7. The van der Waals surface area contributed by atoms with Crippen molar-refractivity contribution in [2.24, 2.45) is 0 Å². The smallest absolute Gasteiger partial charge is 0.291 e. The third-order valence-electron chi connectivity index (χ3n) is 3.95. The zero-order valence-corrected chi connectivity index (χ0v) is 17.2. The molecule has 0 radical (unpaired) electrons. The lowest BCUT2D eigenvalue weighted by Gasteiger charge is -2.25. The number of furan rings is 1. The van der Waals surface area contributed by atoms with Crippen LogP contribution in [0.3, 0.4) is 0 Å². The number of carbonyl (C=O) groups excluding carboxylic acids is 2. The molecule has 3 aromatic rings. The number of anilines is 2. The molecule has 0 aliphatic carbocycles. The van der Waals surface area contributed by atoms with Gasteiger partial charge in [-0.1, -0.05) is 23.2 Å². The van der Waals surface area contributed by atoms with Crippen molar-refractivity contribution in [2.45, 2.75) is 19.4 Å². The van der Waals surface area contributed by atoms with E-state index in [1.54, 1.807) is 62.4 Å². The SMILES string of the molecule is CC(C)(Oc1ccc(Cl)cc1)C(=O)Nc1ccc(NC(=O)c2ccco2)c(Cl)c1. The summed E-state index contributed by atoms with van der Waals surface area (Å²) in [5.74, 6) is -0.106. The monoisotopic (exact) mass is 432 g/mol. The van der Waals surface area contributed by atoms with Crippen LogP contribution in [0.4, 0.5) is 11.4 Å². The molecule has 0 aliphatic rings. The highest BCUT2D eigenvalue weighted by Gasteiger charge is 2.30. The van der Waals surface area contributed by atoms with Gasteiger partial charge >= 0.3 is 0 Å². The van der Waals surface area contributed by atoms with Crippen molar-refractivity contribution >= 4 is 46.4 Å². The lowest BCUT2D eigenvalue weighted by atomic mass is 10.1. The summed E-state index contributed by atoms with van der Waals surface area (Å²) in [6, 6.07) is 14.6. The number of halogens is 2. The third kappa shape index (κ3) is 5.31. The highest BCUT2D eigenvalue weighted by atomic mass is 35.5. The lowest BCUT2D eigenvalue weighted by Crippen LogP contribution is -2.42. The number of carbonyl (C=O) groups is 2. The van der Waals surface area contributed by atoms with Gasteiger partial charge in [-0.25, -0.2) is 0 Å². The first-order valence-electron chi connectivity index (χ1n) is 8.65. The van der Waals surface area contributed by atoms with Crippen molar-refractivity contribution in [3.63, 3.8) is 0 Å². The summed E-state index contributed by atoms with van der Waals surface area (Å²) in [5.41, 5.74) is -0.293. The Kier molecular flexibility index (Phi) is 6.15. The maximum Gasteiger partial charge on any atom is 0.291 e. The Morgan fingerprint density at radius 1 is 1.00 bits per heavy atom. The lowest BCUT2D eigenvalue weighted by molar-refractivity contribution is -0.128. The van der Waals surface area contributed by atoms with Gasteiger partial charge in [-0.05, 0) is 68.4 Å². The van der Waals surface area contributed by atoms with Gasteiger partial charge in [0.2, 0.25) is 0 Å². The van der Waals surface area contributed by atoms with E-state index in [0.29, 0.717) is 22.1 Å². The van der Waals surface area contributed by atoms with Crippen LogP contribution in [0.15, 0.2) is 65.3 Å². The molecule has 0 unspecified atom stereocenters. The van der Waals surface area contributed by atoms with Crippen LogP contribution in [0.2, 0.25) is 10.0 Å².